The molecule has 0 spiro atoms. The quantitative estimate of drug-likeness (QED) is 0.260. The molecule has 0 bridgehead atoms. The van der Waals surface area contributed by atoms with Crippen molar-refractivity contribution in [2.24, 2.45) is 5.92 Å². The van der Waals surface area contributed by atoms with Crippen LogP contribution >= 0.6 is 27.5 Å². The summed E-state index contributed by atoms with van der Waals surface area (Å²) in [5.74, 6) is 1.75. The fourth-order valence-corrected chi connectivity index (χ4v) is 5.15. The van der Waals surface area contributed by atoms with Crippen molar-refractivity contribution in [1.29, 1.82) is 0 Å². The Morgan fingerprint density at radius 1 is 0.967 bits per heavy atom. The maximum atomic E-state index is 6.62. The second kappa shape index (κ2) is 6.86. The third kappa shape index (κ3) is 2.74. The molecule has 1 aliphatic rings. The lowest BCUT2D eigenvalue weighted by Crippen LogP contribution is -2.02. The molecule has 6 rings (SSSR count). The summed E-state index contributed by atoms with van der Waals surface area (Å²) in [6, 6.07) is 19.6. The minimum Gasteiger partial charge on any atom is -0.341 e. The van der Waals surface area contributed by atoms with Gasteiger partial charge in [-0.05, 0) is 78.0 Å². The summed E-state index contributed by atoms with van der Waals surface area (Å²) >= 11 is 10.2. The molecule has 1 saturated carbocycles. The molecular formula is C25H21BrClN3. The van der Waals surface area contributed by atoms with E-state index in [1.54, 1.807) is 0 Å². The van der Waals surface area contributed by atoms with E-state index in [0.717, 1.165) is 45.9 Å². The number of hydrogen-bond acceptors (Lipinski definition) is 1. The van der Waals surface area contributed by atoms with Crippen molar-refractivity contribution in [3.63, 3.8) is 0 Å². The summed E-state index contributed by atoms with van der Waals surface area (Å²) in [6.45, 7) is 4.15. The van der Waals surface area contributed by atoms with Crippen LogP contribution in [0.3, 0.4) is 0 Å². The molecule has 3 aromatic carbocycles. The molecule has 0 saturated heterocycles. The third-order valence-electron chi connectivity index (χ3n) is 6.30. The van der Waals surface area contributed by atoms with Crippen molar-refractivity contribution in [3.8, 4) is 11.4 Å². The van der Waals surface area contributed by atoms with E-state index in [0.29, 0.717) is 5.02 Å². The highest BCUT2D eigenvalue weighted by Gasteiger charge is 2.26. The van der Waals surface area contributed by atoms with Crippen LogP contribution in [-0.4, -0.2) is 14.1 Å². The fourth-order valence-electron chi connectivity index (χ4n) is 4.63. The van der Waals surface area contributed by atoms with Gasteiger partial charge in [0.2, 0.25) is 0 Å². The topological polar surface area (TPSA) is 22.8 Å². The van der Waals surface area contributed by atoms with Crippen LogP contribution in [0.1, 0.15) is 19.8 Å². The number of imidazole rings is 1. The number of benzene rings is 3. The van der Waals surface area contributed by atoms with Gasteiger partial charge in [0.15, 0.2) is 0 Å². The van der Waals surface area contributed by atoms with Crippen LogP contribution in [-0.2, 0) is 13.1 Å². The van der Waals surface area contributed by atoms with E-state index < -0.39 is 0 Å². The number of halogens is 2. The first-order valence-corrected chi connectivity index (χ1v) is 11.7. The Bertz CT molecular complexity index is 1440. The first-order valence-electron chi connectivity index (χ1n) is 10.5. The summed E-state index contributed by atoms with van der Waals surface area (Å²) in [4.78, 5) is 5.03. The molecule has 0 radical (unpaired) electrons. The van der Waals surface area contributed by atoms with Gasteiger partial charge in [-0.25, -0.2) is 4.98 Å². The zero-order valence-corrected chi connectivity index (χ0v) is 19.0. The second-order valence-corrected chi connectivity index (χ2v) is 9.44. The van der Waals surface area contributed by atoms with Gasteiger partial charge < -0.3 is 9.13 Å². The number of fused-ring (bicyclic) bond motifs is 4. The van der Waals surface area contributed by atoms with Gasteiger partial charge in [-0.1, -0.05) is 29.8 Å². The normalized spacial score (nSPS) is 14.4. The summed E-state index contributed by atoms with van der Waals surface area (Å²) < 4.78 is 5.64. The average molecular weight is 479 g/mol. The van der Waals surface area contributed by atoms with Gasteiger partial charge in [0.05, 0.1) is 10.5 Å². The van der Waals surface area contributed by atoms with Gasteiger partial charge in [-0.2, -0.15) is 0 Å². The molecule has 0 unspecified atom stereocenters. The van der Waals surface area contributed by atoms with E-state index in [1.165, 1.54) is 34.6 Å². The minimum absolute atomic E-state index is 0.687. The first-order chi connectivity index (χ1) is 14.7. The molecular weight excluding hydrogens is 458 g/mol. The number of aromatic nitrogens is 3. The first kappa shape index (κ1) is 18.5. The maximum absolute atomic E-state index is 6.62. The smallest absolute Gasteiger partial charge is 0.141 e. The van der Waals surface area contributed by atoms with Crippen LogP contribution in [0.2, 0.25) is 5.02 Å². The van der Waals surface area contributed by atoms with Crippen molar-refractivity contribution in [3.05, 3.63) is 64.1 Å². The summed E-state index contributed by atoms with van der Waals surface area (Å²) in [7, 11) is 0. The molecule has 0 amide bonds. The summed E-state index contributed by atoms with van der Waals surface area (Å²) in [5, 5.41) is 3.26. The Labute approximate surface area is 188 Å². The average Bonchev–Trinajstić information content (AvgIpc) is 3.43. The van der Waals surface area contributed by atoms with Crippen LogP contribution in [0.15, 0.2) is 59.1 Å². The van der Waals surface area contributed by atoms with Crippen molar-refractivity contribution in [2.45, 2.75) is 32.9 Å². The highest BCUT2D eigenvalue weighted by Crippen LogP contribution is 2.39. The monoisotopic (exact) mass is 477 g/mol. The lowest BCUT2D eigenvalue weighted by atomic mass is 10.1. The number of nitrogens with zero attached hydrogens (tertiary/aromatic N) is 3. The number of para-hydroxylation sites is 1. The van der Waals surface area contributed by atoms with Crippen LogP contribution in [0.4, 0.5) is 0 Å². The Balaban J connectivity index is 1.63. The van der Waals surface area contributed by atoms with Crippen molar-refractivity contribution in [2.75, 3.05) is 0 Å². The SMILES string of the molecule is CCn1c2ccccc2c2cc(-c3nc4c(Cl)c(Br)ccc4n3CC3CC3)ccc21. The lowest BCUT2D eigenvalue weighted by molar-refractivity contribution is 0.648. The van der Waals surface area contributed by atoms with E-state index in [-0.39, 0.29) is 0 Å². The molecule has 150 valence electrons. The Morgan fingerprint density at radius 3 is 2.53 bits per heavy atom. The van der Waals surface area contributed by atoms with E-state index in [4.69, 9.17) is 16.6 Å². The highest BCUT2D eigenvalue weighted by atomic mass is 79.9. The van der Waals surface area contributed by atoms with E-state index >= 15 is 0 Å². The number of rotatable bonds is 4. The van der Waals surface area contributed by atoms with Crippen molar-refractivity contribution < 1.29 is 0 Å². The van der Waals surface area contributed by atoms with Gasteiger partial charge in [0.25, 0.3) is 0 Å². The zero-order chi connectivity index (χ0) is 20.4. The molecule has 3 nitrogen and oxygen atoms in total. The second-order valence-electron chi connectivity index (χ2n) is 8.21. The molecule has 2 heterocycles. The standard InChI is InChI=1S/C25H21BrClN3/c1-2-29-20-6-4-3-5-17(20)18-13-16(9-11-21(18)29)25-28-24-22(12-10-19(26)23(24)27)30(25)14-15-7-8-15/h3-6,9-13,15H,2,7-8,14H2,1H3. The van der Waals surface area contributed by atoms with Crippen molar-refractivity contribution in [1.82, 2.24) is 14.1 Å². The van der Waals surface area contributed by atoms with Gasteiger partial charge in [0, 0.05) is 44.9 Å². The van der Waals surface area contributed by atoms with Crippen LogP contribution in [0, 0.1) is 5.92 Å². The Morgan fingerprint density at radius 2 is 1.73 bits per heavy atom. The lowest BCUT2D eigenvalue weighted by Gasteiger charge is -2.09. The molecule has 2 aromatic heterocycles. The molecule has 0 aliphatic heterocycles. The molecule has 30 heavy (non-hydrogen) atoms. The van der Waals surface area contributed by atoms with Crippen LogP contribution < -0.4 is 0 Å². The van der Waals surface area contributed by atoms with Gasteiger partial charge in [-0.3, -0.25) is 0 Å². The van der Waals surface area contributed by atoms with Crippen LogP contribution in [0.5, 0.6) is 0 Å². The van der Waals surface area contributed by atoms with E-state index in [2.05, 4.69) is 80.5 Å². The Hall–Kier alpha value is -2.30. The largest absolute Gasteiger partial charge is 0.341 e. The predicted octanol–water partition coefficient (Wildman–Crippen LogP) is 7.66. The molecule has 0 atom stereocenters. The molecule has 5 heteroatoms. The van der Waals surface area contributed by atoms with E-state index in [9.17, 15) is 0 Å². The fraction of sp³-hybridized carbons (Fsp3) is 0.240. The molecule has 5 aromatic rings. The molecule has 1 fully saturated rings. The van der Waals surface area contributed by atoms with Crippen molar-refractivity contribution >= 4 is 60.4 Å². The number of aryl methyl sites for hydroxylation is 1. The summed E-state index contributed by atoms with van der Waals surface area (Å²) in [6.07, 6.45) is 2.60. The van der Waals surface area contributed by atoms with Gasteiger partial charge in [0.1, 0.15) is 11.3 Å². The van der Waals surface area contributed by atoms with E-state index in [1.807, 2.05) is 6.07 Å². The number of hydrogen-bond donors (Lipinski definition) is 0. The minimum atomic E-state index is 0.687. The Kier molecular flexibility index (Phi) is 4.22. The van der Waals surface area contributed by atoms with Crippen LogP contribution in [0.25, 0.3) is 44.2 Å². The predicted molar refractivity (Wildman–Crippen MR) is 129 cm³/mol. The van der Waals surface area contributed by atoms with Gasteiger partial charge in [-0.15, -0.1) is 0 Å². The molecule has 1 aliphatic carbocycles. The summed E-state index contributed by atoms with van der Waals surface area (Å²) in [5.41, 5.74) is 5.68. The zero-order valence-electron chi connectivity index (χ0n) is 16.7. The highest BCUT2D eigenvalue weighted by molar-refractivity contribution is 9.10. The maximum Gasteiger partial charge on any atom is 0.141 e. The third-order valence-corrected chi connectivity index (χ3v) is 7.57. The van der Waals surface area contributed by atoms with Gasteiger partial charge >= 0.3 is 0 Å². The molecule has 0 N–H and O–H groups in total.